The van der Waals surface area contributed by atoms with Crippen molar-refractivity contribution in [1.29, 1.82) is 0 Å². The van der Waals surface area contributed by atoms with Crippen molar-refractivity contribution in [2.75, 3.05) is 0 Å². The van der Waals surface area contributed by atoms with Crippen LogP contribution in [0.1, 0.15) is 27.3 Å². The molecule has 0 saturated carbocycles. The van der Waals surface area contributed by atoms with Crippen LogP contribution >= 0.6 is 0 Å². The maximum Gasteiger partial charge on any atom is 0.251 e. The van der Waals surface area contributed by atoms with Gasteiger partial charge in [0.2, 0.25) is 0 Å². The fraction of sp³-hybridized carbons (Fsp3) is 0.150. The third kappa shape index (κ3) is 3.39. The summed E-state index contributed by atoms with van der Waals surface area (Å²) < 4.78 is 3.41. The van der Waals surface area contributed by atoms with Gasteiger partial charge in [-0.15, -0.1) is 5.10 Å². The minimum Gasteiger partial charge on any atom is -0.348 e. The summed E-state index contributed by atoms with van der Waals surface area (Å²) in [7, 11) is 0. The van der Waals surface area contributed by atoms with Gasteiger partial charge in [-0.3, -0.25) is 4.79 Å². The van der Waals surface area contributed by atoms with Crippen molar-refractivity contribution in [2.45, 2.75) is 20.4 Å². The van der Waals surface area contributed by atoms with Gasteiger partial charge in [0.25, 0.3) is 5.91 Å². The number of carbonyl (C=O) groups is 1. The highest BCUT2D eigenvalue weighted by atomic mass is 16.1. The highest BCUT2D eigenvalue weighted by Crippen LogP contribution is 2.18. The number of benzene rings is 2. The van der Waals surface area contributed by atoms with Crippen LogP contribution in [0.4, 0.5) is 0 Å². The fourth-order valence-electron chi connectivity index (χ4n) is 3.09. The minimum absolute atomic E-state index is 0.166. The third-order valence-corrected chi connectivity index (χ3v) is 4.59. The molecule has 0 aliphatic carbocycles. The second kappa shape index (κ2) is 7.43. The van der Waals surface area contributed by atoms with Crippen LogP contribution in [-0.2, 0) is 6.54 Å². The number of hydrogen-bond donors (Lipinski definition) is 1. The smallest absolute Gasteiger partial charge is 0.251 e. The Balaban J connectivity index is 1.52. The molecule has 4 rings (SSSR count). The summed E-state index contributed by atoms with van der Waals surface area (Å²) in [4.78, 5) is 12.6. The zero-order valence-corrected chi connectivity index (χ0v) is 15.6. The van der Waals surface area contributed by atoms with Crippen molar-refractivity contribution >= 4 is 5.91 Å². The van der Waals surface area contributed by atoms with E-state index in [4.69, 9.17) is 0 Å². The van der Waals surface area contributed by atoms with Gasteiger partial charge in [0, 0.05) is 23.4 Å². The summed E-state index contributed by atoms with van der Waals surface area (Å²) in [5.41, 5.74) is 5.17. The van der Waals surface area contributed by atoms with Gasteiger partial charge in [-0.05, 0) is 54.6 Å². The molecule has 0 aliphatic rings. The molecule has 0 fully saturated rings. The number of nitrogens with one attached hydrogen (secondary N) is 1. The van der Waals surface area contributed by atoms with Crippen LogP contribution in [0.3, 0.4) is 0 Å². The van der Waals surface area contributed by atoms with Gasteiger partial charge in [-0.1, -0.05) is 24.3 Å². The molecule has 2 heterocycles. The van der Waals surface area contributed by atoms with Gasteiger partial charge in [0.05, 0.1) is 17.1 Å². The third-order valence-electron chi connectivity index (χ3n) is 4.59. The van der Waals surface area contributed by atoms with Gasteiger partial charge in [0.1, 0.15) is 6.33 Å². The van der Waals surface area contributed by atoms with E-state index in [1.807, 2.05) is 54.9 Å². The standard InChI is InChI=1S/C20H19N7O/c1-14-19(15(2)27(23-14)17-8-4-3-5-9-17)12-21-20(28)16-7-6-10-18(11-16)26-13-22-24-25-26/h3-11,13H,12H2,1-2H3,(H,21,28). The van der Waals surface area contributed by atoms with E-state index in [1.54, 1.807) is 18.2 Å². The number of aryl methyl sites for hydroxylation is 1. The Kier molecular flexibility index (Phi) is 4.67. The summed E-state index contributed by atoms with van der Waals surface area (Å²) in [6, 6.07) is 17.1. The molecule has 0 saturated heterocycles. The lowest BCUT2D eigenvalue weighted by Crippen LogP contribution is -2.23. The van der Waals surface area contributed by atoms with Gasteiger partial charge in [-0.2, -0.15) is 5.10 Å². The molecule has 0 aliphatic heterocycles. The van der Waals surface area contributed by atoms with Crippen LogP contribution in [0, 0.1) is 13.8 Å². The summed E-state index contributed by atoms with van der Waals surface area (Å²) in [5, 5.41) is 18.7. The molecule has 1 amide bonds. The zero-order chi connectivity index (χ0) is 19.5. The average Bonchev–Trinajstić information content (AvgIpc) is 3.36. The summed E-state index contributed by atoms with van der Waals surface area (Å²) in [6.07, 6.45) is 1.49. The SMILES string of the molecule is Cc1nn(-c2ccccc2)c(C)c1CNC(=O)c1cccc(-n2cnnn2)c1. The Bertz CT molecular complexity index is 1100. The molecule has 8 nitrogen and oxygen atoms in total. The van der Waals surface area contributed by atoms with E-state index >= 15 is 0 Å². The molecule has 0 spiro atoms. The van der Waals surface area contributed by atoms with E-state index in [0.29, 0.717) is 12.1 Å². The van der Waals surface area contributed by atoms with E-state index in [2.05, 4.69) is 25.9 Å². The first-order valence-electron chi connectivity index (χ1n) is 8.85. The lowest BCUT2D eigenvalue weighted by Gasteiger charge is -2.08. The Morgan fingerprint density at radius 3 is 2.57 bits per heavy atom. The zero-order valence-electron chi connectivity index (χ0n) is 15.6. The van der Waals surface area contributed by atoms with Crippen LogP contribution in [-0.4, -0.2) is 35.9 Å². The Morgan fingerprint density at radius 2 is 1.82 bits per heavy atom. The first-order valence-corrected chi connectivity index (χ1v) is 8.85. The molecule has 0 bridgehead atoms. The number of para-hydroxylation sites is 1. The first-order chi connectivity index (χ1) is 13.6. The molecule has 0 radical (unpaired) electrons. The Labute approximate surface area is 161 Å². The van der Waals surface area contributed by atoms with E-state index in [9.17, 15) is 4.79 Å². The van der Waals surface area contributed by atoms with Crippen LogP contribution in [0.25, 0.3) is 11.4 Å². The van der Waals surface area contributed by atoms with Gasteiger partial charge >= 0.3 is 0 Å². The lowest BCUT2D eigenvalue weighted by molar-refractivity contribution is 0.0951. The van der Waals surface area contributed by atoms with Crippen LogP contribution in [0.5, 0.6) is 0 Å². The van der Waals surface area contributed by atoms with Crippen molar-refractivity contribution in [3.05, 3.63) is 83.4 Å². The van der Waals surface area contributed by atoms with Crippen molar-refractivity contribution in [3.8, 4) is 11.4 Å². The van der Waals surface area contributed by atoms with E-state index in [-0.39, 0.29) is 5.91 Å². The molecule has 2 aromatic carbocycles. The molecule has 1 N–H and O–H groups in total. The number of nitrogens with zero attached hydrogens (tertiary/aromatic N) is 6. The molecular formula is C20H19N7O. The van der Waals surface area contributed by atoms with Gasteiger partial charge in [0.15, 0.2) is 0 Å². The molecule has 0 atom stereocenters. The minimum atomic E-state index is -0.166. The normalized spacial score (nSPS) is 10.8. The lowest BCUT2D eigenvalue weighted by atomic mass is 10.1. The maximum atomic E-state index is 12.6. The van der Waals surface area contributed by atoms with Crippen LogP contribution in [0.15, 0.2) is 60.9 Å². The number of amides is 1. The van der Waals surface area contributed by atoms with E-state index < -0.39 is 0 Å². The Hall–Kier alpha value is -3.81. The molecule has 4 aromatic rings. The summed E-state index contributed by atoms with van der Waals surface area (Å²) in [5.74, 6) is -0.166. The highest BCUT2D eigenvalue weighted by molar-refractivity contribution is 5.94. The first kappa shape index (κ1) is 17.6. The second-order valence-electron chi connectivity index (χ2n) is 6.38. The second-order valence-corrected chi connectivity index (χ2v) is 6.38. The van der Waals surface area contributed by atoms with Crippen molar-refractivity contribution in [1.82, 2.24) is 35.3 Å². The molecule has 140 valence electrons. The van der Waals surface area contributed by atoms with E-state index in [0.717, 1.165) is 28.3 Å². The summed E-state index contributed by atoms with van der Waals surface area (Å²) >= 11 is 0. The molecule has 28 heavy (non-hydrogen) atoms. The van der Waals surface area contributed by atoms with Crippen LogP contribution in [0.2, 0.25) is 0 Å². The number of carbonyl (C=O) groups excluding carboxylic acids is 1. The number of aromatic nitrogens is 6. The molecule has 8 heteroatoms. The Morgan fingerprint density at radius 1 is 1.04 bits per heavy atom. The number of tetrazole rings is 1. The quantitative estimate of drug-likeness (QED) is 0.580. The fourth-order valence-corrected chi connectivity index (χ4v) is 3.09. The van der Waals surface area contributed by atoms with Crippen LogP contribution < -0.4 is 5.32 Å². The highest BCUT2D eigenvalue weighted by Gasteiger charge is 2.14. The maximum absolute atomic E-state index is 12.6. The molecular weight excluding hydrogens is 354 g/mol. The van der Waals surface area contributed by atoms with Gasteiger partial charge in [-0.25, -0.2) is 9.36 Å². The number of hydrogen-bond acceptors (Lipinski definition) is 5. The summed E-state index contributed by atoms with van der Waals surface area (Å²) in [6.45, 7) is 4.36. The average molecular weight is 373 g/mol. The topological polar surface area (TPSA) is 90.5 Å². The molecule has 2 aromatic heterocycles. The number of rotatable bonds is 5. The predicted octanol–water partition coefficient (Wildman–Crippen LogP) is 2.39. The van der Waals surface area contributed by atoms with Gasteiger partial charge < -0.3 is 5.32 Å². The molecule has 0 unspecified atom stereocenters. The monoisotopic (exact) mass is 373 g/mol. The largest absolute Gasteiger partial charge is 0.348 e. The van der Waals surface area contributed by atoms with Crippen molar-refractivity contribution in [3.63, 3.8) is 0 Å². The van der Waals surface area contributed by atoms with E-state index in [1.165, 1.54) is 11.0 Å². The van der Waals surface area contributed by atoms with Crippen molar-refractivity contribution in [2.24, 2.45) is 0 Å². The predicted molar refractivity (Wildman–Crippen MR) is 103 cm³/mol. The van der Waals surface area contributed by atoms with Crippen molar-refractivity contribution < 1.29 is 4.79 Å².